The Morgan fingerprint density at radius 1 is 1.44 bits per heavy atom. The van der Waals surface area contributed by atoms with Crippen molar-refractivity contribution in [2.24, 2.45) is 5.41 Å². The van der Waals surface area contributed by atoms with Crippen LogP contribution in [0.25, 0.3) is 0 Å². The topological polar surface area (TPSA) is 48.7 Å². The fourth-order valence-corrected chi connectivity index (χ4v) is 1.53. The standard InChI is InChI=1S/C12H12F3N3/c1-11(4-5-11)7-17-10-8(6-16)2-3-9(18-10)12(13,14)15/h2-3H,4-5,7H2,1H3,(H,17,18). The second-order valence-electron chi connectivity index (χ2n) is 4.87. The molecule has 0 bridgehead atoms. The molecule has 6 heteroatoms. The predicted octanol–water partition coefficient (Wildman–Crippen LogP) is 3.18. The van der Waals surface area contributed by atoms with Gasteiger partial charge in [-0.1, -0.05) is 6.92 Å². The molecular weight excluding hydrogens is 243 g/mol. The lowest BCUT2D eigenvalue weighted by Gasteiger charge is -2.13. The SMILES string of the molecule is CC1(CNc2nc(C(F)(F)F)ccc2C#N)CC1. The molecule has 0 radical (unpaired) electrons. The van der Waals surface area contributed by atoms with E-state index in [1.807, 2.05) is 13.0 Å². The van der Waals surface area contributed by atoms with Crippen molar-refractivity contribution < 1.29 is 13.2 Å². The Morgan fingerprint density at radius 3 is 2.61 bits per heavy atom. The van der Waals surface area contributed by atoms with Gasteiger partial charge in [-0.05, 0) is 30.4 Å². The van der Waals surface area contributed by atoms with Crippen LogP contribution in [0.5, 0.6) is 0 Å². The van der Waals surface area contributed by atoms with Gasteiger partial charge in [0.25, 0.3) is 0 Å². The van der Waals surface area contributed by atoms with E-state index in [1.165, 1.54) is 0 Å². The van der Waals surface area contributed by atoms with Crippen LogP contribution in [0.1, 0.15) is 31.0 Å². The van der Waals surface area contributed by atoms with E-state index >= 15 is 0 Å². The molecule has 1 aromatic heterocycles. The summed E-state index contributed by atoms with van der Waals surface area (Å²) in [5, 5.41) is 11.7. The summed E-state index contributed by atoms with van der Waals surface area (Å²) in [6, 6.07) is 3.81. The van der Waals surface area contributed by atoms with Gasteiger partial charge in [0.2, 0.25) is 0 Å². The van der Waals surface area contributed by atoms with E-state index in [2.05, 4.69) is 10.3 Å². The number of hydrogen-bond donors (Lipinski definition) is 1. The number of anilines is 1. The van der Waals surface area contributed by atoms with E-state index in [-0.39, 0.29) is 16.8 Å². The molecule has 96 valence electrons. The minimum absolute atomic E-state index is 0.0143. The molecule has 0 aliphatic heterocycles. The van der Waals surface area contributed by atoms with Crippen molar-refractivity contribution in [2.45, 2.75) is 25.9 Å². The van der Waals surface area contributed by atoms with Gasteiger partial charge in [0.05, 0.1) is 5.56 Å². The average Bonchev–Trinajstić information content (AvgIpc) is 3.04. The van der Waals surface area contributed by atoms with Gasteiger partial charge in [-0.25, -0.2) is 4.98 Å². The first kappa shape index (κ1) is 12.7. The maximum Gasteiger partial charge on any atom is 0.433 e. The first-order valence-corrected chi connectivity index (χ1v) is 5.56. The molecule has 2 rings (SSSR count). The van der Waals surface area contributed by atoms with Crippen LogP contribution in [0, 0.1) is 16.7 Å². The fourth-order valence-electron chi connectivity index (χ4n) is 1.53. The number of halogens is 3. The van der Waals surface area contributed by atoms with Crippen molar-refractivity contribution in [3.63, 3.8) is 0 Å². The Morgan fingerprint density at radius 2 is 2.11 bits per heavy atom. The van der Waals surface area contributed by atoms with Crippen LogP contribution in [0.4, 0.5) is 19.0 Å². The monoisotopic (exact) mass is 255 g/mol. The van der Waals surface area contributed by atoms with Crippen LogP contribution in [0.15, 0.2) is 12.1 Å². The summed E-state index contributed by atoms with van der Waals surface area (Å²) in [5.74, 6) is 0.0143. The van der Waals surface area contributed by atoms with Crippen molar-refractivity contribution in [1.29, 1.82) is 5.26 Å². The van der Waals surface area contributed by atoms with E-state index < -0.39 is 11.9 Å². The number of aromatic nitrogens is 1. The molecular formula is C12H12F3N3. The molecule has 1 heterocycles. The first-order chi connectivity index (χ1) is 8.34. The predicted molar refractivity (Wildman–Crippen MR) is 59.8 cm³/mol. The lowest BCUT2D eigenvalue weighted by molar-refractivity contribution is -0.141. The van der Waals surface area contributed by atoms with Gasteiger partial charge < -0.3 is 5.32 Å². The molecule has 18 heavy (non-hydrogen) atoms. The third kappa shape index (κ3) is 2.73. The summed E-state index contributed by atoms with van der Waals surface area (Å²) in [7, 11) is 0. The maximum absolute atomic E-state index is 12.5. The summed E-state index contributed by atoms with van der Waals surface area (Å²) in [4.78, 5) is 3.49. The van der Waals surface area contributed by atoms with Crippen molar-refractivity contribution >= 4 is 5.82 Å². The number of nitrogens with zero attached hydrogens (tertiary/aromatic N) is 2. The number of nitrogens with one attached hydrogen (secondary N) is 1. The van der Waals surface area contributed by atoms with Crippen LogP contribution in [-0.2, 0) is 6.18 Å². The van der Waals surface area contributed by atoms with E-state index in [0.717, 1.165) is 25.0 Å². The van der Waals surface area contributed by atoms with E-state index in [9.17, 15) is 13.2 Å². The largest absolute Gasteiger partial charge is 0.433 e. The molecule has 1 aromatic rings. The highest BCUT2D eigenvalue weighted by Gasteiger charge is 2.37. The van der Waals surface area contributed by atoms with Crippen LogP contribution in [0.3, 0.4) is 0 Å². The molecule has 1 fully saturated rings. The van der Waals surface area contributed by atoms with E-state index in [1.54, 1.807) is 0 Å². The normalized spacial score (nSPS) is 17.1. The van der Waals surface area contributed by atoms with Gasteiger partial charge in [0.15, 0.2) is 0 Å². The molecule has 0 spiro atoms. The lowest BCUT2D eigenvalue weighted by atomic mass is 10.1. The molecule has 0 unspecified atom stereocenters. The minimum atomic E-state index is -4.49. The average molecular weight is 255 g/mol. The number of alkyl halides is 3. The summed E-state index contributed by atoms with van der Waals surface area (Å²) < 4.78 is 37.6. The molecule has 1 aliphatic rings. The van der Waals surface area contributed by atoms with Gasteiger partial charge in [0, 0.05) is 6.54 Å². The smallest absolute Gasteiger partial charge is 0.368 e. The van der Waals surface area contributed by atoms with Crippen LogP contribution in [-0.4, -0.2) is 11.5 Å². The lowest BCUT2D eigenvalue weighted by Crippen LogP contribution is -2.16. The zero-order valence-corrected chi connectivity index (χ0v) is 9.80. The van der Waals surface area contributed by atoms with Crippen molar-refractivity contribution in [3.8, 4) is 6.07 Å². The Kier molecular flexibility index (Phi) is 2.93. The van der Waals surface area contributed by atoms with Crippen molar-refractivity contribution in [2.75, 3.05) is 11.9 Å². The molecule has 0 atom stereocenters. The van der Waals surface area contributed by atoms with Gasteiger partial charge in [0.1, 0.15) is 17.6 Å². The zero-order valence-electron chi connectivity index (χ0n) is 9.80. The molecule has 0 saturated heterocycles. The van der Waals surface area contributed by atoms with E-state index in [0.29, 0.717) is 6.54 Å². The fraction of sp³-hybridized carbons (Fsp3) is 0.500. The summed E-state index contributed by atoms with van der Waals surface area (Å²) in [5.41, 5.74) is -0.722. The number of rotatable bonds is 3. The Hall–Kier alpha value is -1.77. The highest BCUT2D eigenvalue weighted by atomic mass is 19.4. The van der Waals surface area contributed by atoms with Crippen molar-refractivity contribution in [1.82, 2.24) is 4.98 Å². The minimum Gasteiger partial charge on any atom is -0.368 e. The summed E-state index contributed by atoms with van der Waals surface area (Å²) >= 11 is 0. The first-order valence-electron chi connectivity index (χ1n) is 5.56. The second kappa shape index (κ2) is 4.16. The third-order valence-electron chi connectivity index (χ3n) is 3.09. The van der Waals surface area contributed by atoms with Gasteiger partial charge in [-0.3, -0.25) is 0 Å². The molecule has 1 saturated carbocycles. The Labute approximate surface area is 103 Å². The maximum atomic E-state index is 12.5. The summed E-state index contributed by atoms with van der Waals surface area (Å²) in [6.07, 6.45) is -2.41. The van der Waals surface area contributed by atoms with E-state index in [4.69, 9.17) is 5.26 Å². The Balaban J connectivity index is 2.22. The van der Waals surface area contributed by atoms with Gasteiger partial charge >= 0.3 is 6.18 Å². The quantitative estimate of drug-likeness (QED) is 0.902. The molecule has 0 aromatic carbocycles. The number of nitriles is 1. The van der Waals surface area contributed by atoms with Crippen LogP contribution in [0.2, 0.25) is 0 Å². The van der Waals surface area contributed by atoms with Crippen molar-refractivity contribution in [3.05, 3.63) is 23.4 Å². The third-order valence-corrected chi connectivity index (χ3v) is 3.09. The highest BCUT2D eigenvalue weighted by molar-refractivity contribution is 5.52. The molecule has 0 amide bonds. The summed E-state index contributed by atoms with van der Waals surface area (Å²) in [6.45, 7) is 2.58. The number of pyridine rings is 1. The number of hydrogen-bond acceptors (Lipinski definition) is 3. The van der Waals surface area contributed by atoms with Gasteiger partial charge in [-0.15, -0.1) is 0 Å². The molecule has 1 aliphatic carbocycles. The highest BCUT2D eigenvalue weighted by Crippen LogP contribution is 2.44. The molecule has 3 nitrogen and oxygen atoms in total. The van der Waals surface area contributed by atoms with Gasteiger partial charge in [-0.2, -0.15) is 18.4 Å². The Bertz CT molecular complexity index is 498. The zero-order chi connectivity index (χ0) is 13.4. The van der Waals surface area contributed by atoms with Crippen LogP contribution < -0.4 is 5.32 Å². The second-order valence-corrected chi connectivity index (χ2v) is 4.87. The molecule has 1 N–H and O–H groups in total. The van der Waals surface area contributed by atoms with Crippen LogP contribution >= 0.6 is 0 Å².